The second kappa shape index (κ2) is 14.2. The Bertz CT molecular complexity index is 1160. The third kappa shape index (κ3) is 9.65. The summed E-state index contributed by atoms with van der Waals surface area (Å²) < 4.78 is 5.17. The van der Waals surface area contributed by atoms with E-state index in [9.17, 15) is 14.4 Å². The van der Waals surface area contributed by atoms with Crippen LogP contribution in [-0.4, -0.2) is 67.7 Å². The molecule has 2 aromatic heterocycles. The summed E-state index contributed by atoms with van der Waals surface area (Å²) in [6.07, 6.45) is 7.70. The van der Waals surface area contributed by atoms with E-state index in [1.54, 1.807) is 24.5 Å². The topological polar surface area (TPSA) is 159 Å². The molecule has 0 aliphatic carbocycles. The lowest BCUT2D eigenvalue weighted by atomic mass is 9.93. The number of carbonyl (C=O) groups is 3. The normalized spacial score (nSPS) is 14.1. The number of carbonyl (C=O) groups excluding carboxylic acids is 1. The maximum Gasteiger partial charge on any atom is 0.328 e. The highest BCUT2D eigenvalue weighted by Gasteiger charge is 2.20. The Morgan fingerprint density at radius 3 is 2.27 bits per heavy atom. The predicted octanol–water partition coefficient (Wildman–Crippen LogP) is 2.88. The molecule has 11 heteroatoms. The fraction of sp³-hybridized carbons (Fsp3) is 0.308. The molecule has 1 aliphatic rings. The Morgan fingerprint density at radius 1 is 1.00 bits per heavy atom. The van der Waals surface area contributed by atoms with E-state index in [1.807, 2.05) is 0 Å². The van der Waals surface area contributed by atoms with Crippen LogP contribution in [0.2, 0.25) is 0 Å². The van der Waals surface area contributed by atoms with Crippen LogP contribution < -0.4 is 5.32 Å². The van der Waals surface area contributed by atoms with Crippen molar-refractivity contribution in [2.24, 2.45) is 5.92 Å². The van der Waals surface area contributed by atoms with E-state index in [-0.39, 0.29) is 11.7 Å². The second-order valence-electron chi connectivity index (χ2n) is 8.42. The summed E-state index contributed by atoms with van der Waals surface area (Å²) >= 11 is 0. The maximum absolute atomic E-state index is 12.3. The lowest BCUT2D eigenvalue weighted by Crippen LogP contribution is -2.35. The largest absolute Gasteiger partial charge is 0.478 e. The van der Waals surface area contributed by atoms with Crippen LogP contribution in [0.25, 0.3) is 11.5 Å². The van der Waals surface area contributed by atoms with Crippen molar-refractivity contribution >= 4 is 17.8 Å². The van der Waals surface area contributed by atoms with Gasteiger partial charge in [-0.15, -0.1) is 0 Å². The molecule has 0 radical (unpaired) electrons. The molecule has 4 rings (SSSR count). The molecule has 11 nitrogen and oxygen atoms in total. The van der Waals surface area contributed by atoms with Crippen LogP contribution in [-0.2, 0) is 16.1 Å². The van der Waals surface area contributed by atoms with Crippen molar-refractivity contribution < 1.29 is 29.1 Å². The number of aromatic nitrogens is 3. The number of likely N-dealkylation sites (tertiary alicyclic amines) is 1. The predicted molar refractivity (Wildman–Crippen MR) is 133 cm³/mol. The lowest BCUT2D eigenvalue weighted by Gasteiger charge is -2.32. The average molecular weight is 508 g/mol. The van der Waals surface area contributed by atoms with Crippen LogP contribution in [0.3, 0.4) is 0 Å². The van der Waals surface area contributed by atoms with E-state index in [1.165, 1.54) is 5.56 Å². The highest BCUT2D eigenvalue weighted by atomic mass is 16.5. The number of rotatable bonds is 9. The molecule has 1 saturated heterocycles. The van der Waals surface area contributed by atoms with Gasteiger partial charge in [0.05, 0.1) is 0 Å². The average Bonchev–Trinajstić information content (AvgIpc) is 3.41. The maximum atomic E-state index is 12.3. The van der Waals surface area contributed by atoms with Crippen molar-refractivity contribution in [3.8, 4) is 11.5 Å². The number of hydrogen-bond donors (Lipinski definition) is 3. The third-order valence-electron chi connectivity index (χ3n) is 5.72. The molecule has 0 bridgehead atoms. The zero-order valence-corrected chi connectivity index (χ0v) is 20.2. The van der Waals surface area contributed by atoms with Crippen molar-refractivity contribution in [3.05, 3.63) is 78.4 Å². The van der Waals surface area contributed by atoms with Crippen LogP contribution in [0, 0.1) is 5.92 Å². The molecular formula is C26H29N5O6. The minimum atomic E-state index is -1.26. The van der Waals surface area contributed by atoms with Crippen LogP contribution in [0.1, 0.15) is 35.4 Å². The van der Waals surface area contributed by atoms with Crippen molar-refractivity contribution in [1.82, 2.24) is 25.3 Å². The summed E-state index contributed by atoms with van der Waals surface area (Å²) in [4.78, 5) is 42.0. The Kier molecular flexibility index (Phi) is 10.5. The molecule has 3 aromatic rings. The Hall–Kier alpha value is -4.38. The molecular weight excluding hydrogens is 478 g/mol. The number of piperidine rings is 1. The van der Waals surface area contributed by atoms with Gasteiger partial charge in [-0.3, -0.25) is 14.7 Å². The van der Waals surface area contributed by atoms with Crippen molar-refractivity contribution in [2.45, 2.75) is 25.8 Å². The number of nitrogens with one attached hydrogen (secondary N) is 1. The first-order chi connectivity index (χ1) is 17.9. The van der Waals surface area contributed by atoms with Crippen LogP contribution >= 0.6 is 0 Å². The Labute approximate surface area is 213 Å². The van der Waals surface area contributed by atoms with E-state index in [4.69, 9.17) is 14.7 Å². The van der Waals surface area contributed by atoms with Gasteiger partial charge in [0.25, 0.3) is 17.6 Å². The number of carboxylic acids is 2. The fourth-order valence-electron chi connectivity index (χ4n) is 3.81. The van der Waals surface area contributed by atoms with Crippen LogP contribution in [0.5, 0.6) is 0 Å². The Balaban J connectivity index is 0.000000414. The number of nitrogens with zero attached hydrogens (tertiary/aromatic N) is 4. The molecule has 1 amide bonds. The highest BCUT2D eigenvalue weighted by molar-refractivity contribution is 5.90. The molecule has 194 valence electrons. The number of benzene rings is 1. The molecule has 3 heterocycles. The molecule has 0 spiro atoms. The zero-order chi connectivity index (χ0) is 26.5. The molecule has 1 fully saturated rings. The number of carboxylic acid groups (broad SMARTS) is 2. The van der Waals surface area contributed by atoms with Crippen molar-refractivity contribution in [2.75, 3.05) is 19.6 Å². The molecule has 0 atom stereocenters. The SMILES string of the molecule is O=C(NCCC1CCN(Cc2ccccc2)CC1)c1noc(-c2ccncc2)n1.O=C(O)C=CC(=O)O. The number of pyridine rings is 1. The summed E-state index contributed by atoms with van der Waals surface area (Å²) in [7, 11) is 0. The monoisotopic (exact) mass is 507 g/mol. The zero-order valence-electron chi connectivity index (χ0n) is 20.2. The molecule has 37 heavy (non-hydrogen) atoms. The second-order valence-corrected chi connectivity index (χ2v) is 8.42. The first-order valence-electron chi connectivity index (χ1n) is 11.8. The van der Waals surface area contributed by atoms with Gasteiger partial charge in [0.2, 0.25) is 0 Å². The van der Waals surface area contributed by atoms with Crippen molar-refractivity contribution in [3.63, 3.8) is 0 Å². The molecule has 0 saturated carbocycles. The quantitative estimate of drug-likeness (QED) is 0.368. The highest BCUT2D eigenvalue weighted by Crippen LogP contribution is 2.21. The molecule has 1 aromatic carbocycles. The van der Waals surface area contributed by atoms with Gasteiger partial charge in [-0.1, -0.05) is 35.5 Å². The molecule has 1 aliphatic heterocycles. The Morgan fingerprint density at radius 2 is 1.65 bits per heavy atom. The van der Waals surface area contributed by atoms with Gasteiger partial charge in [-0.2, -0.15) is 4.98 Å². The summed E-state index contributed by atoms with van der Waals surface area (Å²) in [6.45, 7) is 3.85. The first-order valence-corrected chi connectivity index (χ1v) is 11.8. The van der Waals surface area contributed by atoms with Gasteiger partial charge in [-0.25, -0.2) is 9.59 Å². The summed E-state index contributed by atoms with van der Waals surface area (Å²) in [6, 6.07) is 14.1. The summed E-state index contributed by atoms with van der Waals surface area (Å²) in [5.41, 5.74) is 2.11. The molecule has 3 N–H and O–H groups in total. The molecule has 0 unspecified atom stereocenters. The van der Waals surface area contributed by atoms with E-state index in [2.05, 4.69) is 55.7 Å². The number of aliphatic carboxylic acids is 2. The van der Waals surface area contributed by atoms with Gasteiger partial charge in [-0.05, 0) is 56.0 Å². The van der Waals surface area contributed by atoms with E-state index >= 15 is 0 Å². The van der Waals surface area contributed by atoms with E-state index in [0.717, 1.165) is 44.5 Å². The first kappa shape index (κ1) is 27.2. The van der Waals surface area contributed by atoms with Gasteiger partial charge in [0.1, 0.15) is 0 Å². The third-order valence-corrected chi connectivity index (χ3v) is 5.72. The minimum absolute atomic E-state index is 0.0643. The van der Waals surface area contributed by atoms with Gasteiger partial charge >= 0.3 is 11.9 Å². The van der Waals surface area contributed by atoms with E-state index in [0.29, 0.717) is 30.5 Å². The minimum Gasteiger partial charge on any atom is -0.478 e. The van der Waals surface area contributed by atoms with Crippen molar-refractivity contribution in [1.29, 1.82) is 0 Å². The summed E-state index contributed by atoms with van der Waals surface area (Å²) in [5, 5.41) is 22.3. The van der Waals surface area contributed by atoms with Gasteiger partial charge in [0, 0.05) is 43.2 Å². The van der Waals surface area contributed by atoms with Crippen LogP contribution in [0.4, 0.5) is 0 Å². The smallest absolute Gasteiger partial charge is 0.328 e. The van der Waals surface area contributed by atoms with Gasteiger partial charge in [0.15, 0.2) is 0 Å². The van der Waals surface area contributed by atoms with Crippen LogP contribution in [0.15, 0.2) is 71.5 Å². The standard InChI is InChI=1S/C22H25N5O2.C4H4O4/c28-21(20-25-22(29-26-20)19-7-11-23-12-8-19)24-13-6-17-9-14-27(15-10-17)16-18-4-2-1-3-5-18;5-3(6)1-2-4(7)8/h1-5,7-8,11-12,17H,6,9-10,13-16H2,(H,24,28);1-2H,(H,5,6)(H,7,8). The van der Waals surface area contributed by atoms with E-state index < -0.39 is 11.9 Å². The van der Waals surface area contributed by atoms with Gasteiger partial charge < -0.3 is 20.1 Å². The number of amides is 1. The lowest BCUT2D eigenvalue weighted by molar-refractivity contribution is -0.134. The summed E-state index contributed by atoms with van der Waals surface area (Å²) in [5.74, 6) is -1.78. The number of hydrogen-bond acceptors (Lipinski definition) is 8. The fourth-order valence-corrected chi connectivity index (χ4v) is 3.81.